The van der Waals surface area contributed by atoms with Crippen LogP contribution in [0.3, 0.4) is 0 Å². The van der Waals surface area contributed by atoms with E-state index in [1.165, 1.54) is 6.42 Å². The lowest BCUT2D eigenvalue weighted by Crippen LogP contribution is -2.28. The standard InChI is InChI=1S/C14H24O4S2/c1-3-17-12(15)10-19-14(8-6-5-7-9-14)20-11-13(16)18-4-2/h3-11H2,1-2H3. The number of rotatable bonds is 8. The first-order chi connectivity index (χ1) is 9.62. The monoisotopic (exact) mass is 320 g/mol. The van der Waals surface area contributed by atoms with Crippen LogP contribution in [0.2, 0.25) is 0 Å². The Morgan fingerprint density at radius 3 is 1.75 bits per heavy atom. The van der Waals surface area contributed by atoms with Gasteiger partial charge in [-0.3, -0.25) is 9.59 Å². The summed E-state index contributed by atoms with van der Waals surface area (Å²) in [6, 6.07) is 0. The molecule has 6 heteroatoms. The molecule has 0 aliphatic heterocycles. The Morgan fingerprint density at radius 2 is 1.35 bits per heavy atom. The molecule has 1 fully saturated rings. The van der Waals surface area contributed by atoms with E-state index < -0.39 is 0 Å². The van der Waals surface area contributed by atoms with E-state index >= 15 is 0 Å². The zero-order valence-corrected chi connectivity index (χ0v) is 13.9. The fraction of sp³-hybridized carbons (Fsp3) is 0.857. The van der Waals surface area contributed by atoms with Gasteiger partial charge in [0.05, 0.1) is 28.8 Å². The highest BCUT2D eigenvalue weighted by Crippen LogP contribution is 2.48. The van der Waals surface area contributed by atoms with Crippen molar-refractivity contribution >= 4 is 35.5 Å². The van der Waals surface area contributed by atoms with E-state index in [4.69, 9.17) is 9.47 Å². The fourth-order valence-electron chi connectivity index (χ4n) is 2.21. The Balaban J connectivity index is 2.48. The number of carbonyl (C=O) groups is 2. The summed E-state index contributed by atoms with van der Waals surface area (Å²) >= 11 is 3.27. The molecule has 0 aromatic heterocycles. The molecule has 0 spiro atoms. The van der Waals surface area contributed by atoms with E-state index in [0.717, 1.165) is 25.7 Å². The van der Waals surface area contributed by atoms with Crippen molar-refractivity contribution in [2.75, 3.05) is 24.7 Å². The molecule has 0 aromatic carbocycles. The summed E-state index contributed by atoms with van der Waals surface area (Å²) in [4.78, 5) is 23.0. The predicted molar refractivity (Wildman–Crippen MR) is 84.0 cm³/mol. The maximum absolute atomic E-state index is 11.5. The quantitative estimate of drug-likeness (QED) is 0.505. The molecule has 1 saturated carbocycles. The van der Waals surface area contributed by atoms with Crippen molar-refractivity contribution in [2.45, 2.75) is 50.0 Å². The van der Waals surface area contributed by atoms with Gasteiger partial charge in [0, 0.05) is 0 Å². The van der Waals surface area contributed by atoms with Crippen LogP contribution in [-0.2, 0) is 19.1 Å². The number of hydrogen-bond donors (Lipinski definition) is 0. The van der Waals surface area contributed by atoms with E-state index in [1.807, 2.05) is 13.8 Å². The number of thioether (sulfide) groups is 2. The summed E-state index contributed by atoms with van der Waals surface area (Å²) in [5.41, 5.74) is 0. The molecule has 1 rings (SSSR count). The number of esters is 2. The molecule has 0 aromatic rings. The van der Waals surface area contributed by atoms with Gasteiger partial charge in [-0.05, 0) is 26.7 Å². The average molecular weight is 320 g/mol. The topological polar surface area (TPSA) is 52.6 Å². The van der Waals surface area contributed by atoms with Crippen molar-refractivity contribution in [3.05, 3.63) is 0 Å². The molecule has 0 saturated heterocycles. The molecule has 0 atom stereocenters. The zero-order chi connectivity index (χ0) is 14.8. The molecule has 20 heavy (non-hydrogen) atoms. The van der Waals surface area contributed by atoms with Gasteiger partial charge in [-0.2, -0.15) is 0 Å². The van der Waals surface area contributed by atoms with Crippen molar-refractivity contribution in [1.29, 1.82) is 0 Å². The average Bonchev–Trinajstić information content (AvgIpc) is 2.45. The lowest BCUT2D eigenvalue weighted by Gasteiger charge is -2.35. The Labute approximate surface area is 129 Å². The third-order valence-corrected chi connectivity index (χ3v) is 6.47. The lowest BCUT2D eigenvalue weighted by molar-refractivity contribution is -0.140. The SMILES string of the molecule is CCOC(=O)CSC1(SCC(=O)OCC)CCCCC1. The summed E-state index contributed by atoms with van der Waals surface area (Å²) in [7, 11) is 0. The van der Waals surface area contributed by atoms with Gasteiger partial charge in [0.25, 0.3) is 0 Å². The first-order valence-electron chi connectivity index (χ1n) is 7.21. The zero-order valence-electron chi connectivity index (χ0n) is 12.3. The third kappa shape index (κ3) is 6.39. The Bertz CT molecular complexity index is 290. The molecular weight excluding hydrogens is 296 g/mol. The molecule has 0 N–H and O–H groups in total. The summed E-state index contributed by atoms with van der Waals surface area (Å²) in [5.74, 6) is 0.395. The van der Waals surface area contributed by atoms with Crippen LogP contribution in [0.15, 0.2) is 0 Å². The van der Waals surface area contributed by atoms with E-state index in [1.54, 1.807) is 23.5 Å². The maximum Gasteiger partial charge on any atom is 0.315 e. The van der Waals surface area contributed by atoms with Gasteiger partial charge < -0.3 is 9.47 Å². The lowest BCUT2D eigenvalue weighted by atomic mass is 10.00. The van der Waals surface area contributed by atoms with Crippen LogP contribution in [0, 0.1) is 0 Å². The van der Waals surface area contributed by atoms with Crippen molar-refractivity contribution in [3.8, 4) is 0 Å². The Morgan fingerprint density at radius 1 is 0.900 bits per heavy atom. The number of ether oxygens (including phenoxy) is 2. The second-order valence-electron chi connectivity index (χ2n) is 4.66. The van der Waals surface area contributed by atoms with Gasteiger partial charge in [0.2, 0.25) is 0 Å². The number of hydrogen-bond acceptors (Lipinski definition) is 6. The van der Waals surface area contributed by atoms with E-state index in [-0.39, 0.29) is 16.0 Å². The molecule has 1 aliphatic carbocycles. The maximum atomic E-state index is 11.5. The van der Waals surface area contributed by atoms with Crippen molar-refractivity contribution in [2.24, 2.45) is 0 Å². The molecule has 1 aliphatic rings. The molecule has 0 unspecified atom stereocenters. The van der Waals surface area contributed by atoms with Gasteiger partial charge in [0.1, 0.15) is 0 Å². The van der Waals surface area contributed by atoms with Gasteiger partial charge in [-0.15, -0.1) is 23.5 Å². The molecule has 0 amide bonds. The largest absolute Gasteiger partial charge is 0.465 e. The first-order valence-corrected chi connectivity index (χ1v) is 9.18. The van der Waals surface area contributed by atoms with Crippen LogP contribution in [0.4, 0.5) is 0 Å². The molecule has 0 heterocycles. The van der Waals surface area contributed by atoms with Crippen molar-refractivity contribution < 1.29 is 19.1 Å². The van der Waals surface area contributed by atoms with Crippen LogP contribution in [-0.4, -0.2) is 40.7 Å². The normalized spacial score (nSPS) is 17.5. The van der Waals surface area contributed by atoms with Gasteiger partial charge in [-0.25, -0.2) is 0 Å². The smallest absolute Gasteiger partial charge is 0.315 e. The Kier molecular flexibility index (Phi) is 8.45. The fourth-order valence-corrected chi connectivity index (χ4v) is 4.98. The molecular formula is C14H24O4S2. The molecule has 4 nitrogen and oxygen atoms in total. The predicted octanol–water partition coefficient (Wildman–Crippen LogP) is 3.24. The molecule has 0 radical (unpaired) electrons. The van der Waals surface area contributed by atoms with Crippen LogP contribution in [0.5, 0.6) is 0 Å². The minimum atomic E-state index is -0.167. The van der Waals surface area contributed by atoms with Crippen LogP contribution < -0.4 is 0 Å². The highest BCUT2D eigenvalue weighted by atomic mass is 32.2. The van der Waals surface area contributed by atoms with Gasteiger partial charge in [-0.1, -0.05) is 19.3 Å². The summed E-state index contributed by atoms with van der Waals surface area (Å²) < 4.78 is 9.93. The third-order valence-electron chi connectivity index (χ3n) is 3.13. The van der Waals surface area contributed by atoms with Gasteiger partial charge >= 0.3 is 11.9 Å². The second kappa shape index (κ2) is 9.55. The minimum Gasteiger partial charge on any atom is -0.465 e. The van der Waals surface area contributed by atoms with Crippen LogP contribution in [0.25, 0.3) is 0 Å². The highest BCUT2D eigenvalue weighted by molar-refractivity contribution is 8.18. The van der Waals surface area contributed by atoms with Gasteiger partial charge in [0.15, 0.2) is 0 Å². The molecule has 0 bridgehead atoms. The van der Waals surface area contributed by atoms with E-state index in [0.29, 0.717) is 24.7 Å². The summed E-state index contributed by atoms with van der Waals surface area (Å²) in [6.45, 7) is 4.47. The van der Waals surface area contributed by atoms with Crippen LogP contribution >= 0.6 is 23.5 Å². The van der Waals surface area contributed by atoms with Crippen molar-refractivity contribution in [3.63, 3.8) is 0 Å². The van der Waals surface area contributed by atoms with E-state index in [2.05, 4.69) is 0 Å². The minimum absolute atomic E-state index is 0.0300. The Hall–Kier alpha value is -0.360. The van der Waals surface area contributed by atoms with Crippen LogP contribution in [0.1, 0.15) is 46.0 Å². The van der Waals surface area contributed by atoms with E-state index in [9.17, 15) is 9.59 Å². The summed E-state index contributed by atoms with van der Waals surface area (Å²) in [6.07, 6.45) is 5.64. The number of carbonyl (C=O) groups excluding carboxylic acids is 2. The van der Waals surface area contributed by atoms with Crippen molar-refractivity contribution in [1.82, 2.24) is 0 Å². The second-order valence-corrected chi connectivity index (χ2v) is 7.63. The molecule has 116 valence electrons. The first kappa shape index (κ1) is 17.7. The summed E-state index contributed by atoms with van der Waals surface area (Å²) in [5, 5.41) is 0. The highest BCUT2D eigenvalue weighted by Gasteiger charge is 2.34.